The van der Waals surface area contributed by atoms with Crippen LogP contribution in [0.15, 0.2) is 0 Å². The van der Waals surface area contributed by atoms with E-state index in [0.29, 0.717) is 21.0 Å². The highest BCUT2D eigenvalue weighted by Gasteiger charge is 2.62. The largest absolute Gasteiger partial charge is 0.641 e. The minimum absolute atomic E-state index is 0.433. The van der Waals surface area contributed by atoms with E-state index in [9.17, 15) is 0 Å². The van der Waals surface area contributed by atoms with Crippen LogP contribution in [0.25, 0.3) is 0 Å². The van der Waals surface area contributed by atoms with Crippen LogP contribution in [0.1, 0.15) is 0 Å². The van der Waals surface area contributed by atoms with Crippen LogP contribution in [0.4, 0.5) is 0 Å². The first kappa shape index (κ1) is 28.5. The van der Waals surface area contributed by atoms with Gasteiger partial charge in [-0.2, -0.15) is 0 Å². The number of rotatable bonds is 12. The van der Waals surface area contributed by atoms with E-state index < -0.39 is 51.4 Å². The third-order valence-electron chi connectivity index (χ3n) is 2.47. The van der Waals surface area contributed by atoms with E-state index >= 15 is 0 Å². The van der Waals surface area contributed by atoms with Crippen LogP contribution in [0.5, 0.6) is 0 Å². The smallest absolute Gasteiger partial charge is 0.404 e. The van der Waals surface area contributed by atoms with Crippen molar-refractivity contribution in [2.75, 3.05) is 0 Å². The molecule has 0 amide bonds. The van der Waals surface area contributed by atoms with Crippen molar-refractivity contribution in [3.8, 4) is 0 Å². The predicted octanol–water partition coefficient (Wildman–Crippen LogP) is 1.87. The van der Waals surface area contributed by atoms with E-state index in [2.05, 4.69) is 78.6 Å². The molecule has 0 rings (SSSR count). The van der Waals surface area contributed by atoms with Crippen LogP contribution in [-0.4, -0.2) is 72.3 Å². The van der Waals surface area contributed by atoms with Gasteiger partial charge in [0.2, 0.25) is 0 Å². The van der Waals surface area contributed by atoms with E-state index in [-0.39, 0.29) is 0 Å². The Balaban J connectivity index is 6.22. The molecule has 0 saturated heterocycles. The average Bonchev–Trinajstić information content (AvgIpc) is 2.29. The summed E-state index contributed by atoms with van der Waals surface area (Å²) in [7, 11) is -14.1. The van der Waals surface area contributed by atoms with E-state index in [4.69, 9.17) is 28.8 Å². The summed E-state index contributed by atoms with van der Waals surface area (Å²) in [6.45, 7) is 25.3. The lowest BCUT2D eigenvalue weighted by Crippen LogP contribution is -2.69. The molecule has 0 radical (unpaired) electrons. The maximum atomic E-state index is 6.58. The van der Waals surface area contributed by atoms with Crippen molar-refractivity contribution in [2.24, 2.45) is 0 Å². The summed E-state index contributed by atoms with van der Waals surface area (Å²) < 4.78 is 44.4. The van der Waals surface area contributed by atoms with Crippen LogP contribution in [-0.2, 0) is 28.8 Å². The van der Waals surface area contributed by atoms with Gasteiger partial charge < -0.3 is 28.8 Å². The molecule has 0 bridgehead atoms. The fourth-order valence-corrected chi connectivity index (χ4v) is 25.0. The van der Waals surface area contributed by atoms with Crippen LogP contribution < -0.4 is 0 Å². The first-order chi connectivity index (χ1) is 11.7. The lowest BCUT2D eigenvalue weighted by Gasteiger charge is -2.44. The lowest BCUT2D eigenvalue weighted by atomic mass is 11.8. The molecule has 0 atom stereocenters. The van der Waals surface area contributed by atoms with Gasteiger partial charge in [0.1, 0.15) is 21.0 Å². The summed E-state index contributed by atoms with van der Waals surface area (Å²) in [4.78, 5) is 0. The van der Waals surface area contributed by atoms with Crippen molar-refractivity contribution in [3.63, 3.8) is 0 Å². The van der Waals surface area contributed by atoms with Gasteiger partial charge in [-0.1, -0.05) is 0 Å². The molecule has 15 heteroatoms. The molecule has 0 unspecified atom stereocenters. The van der Waals surface area contributed by atoms with Gasteiger partial charge in [0.05, 0.1) is 0 Å². The molecule has 0 fully saturated rings. The molecule has 0 aliphatic heterocycles. The molecule has 0 aromatic rings. The fraction of sp³-hybridized carbons (Fsp3) is 1.00. The summed E-state index contributed by atoms with van der Waals surface area (Å²) in [6, 6.07) is 0. The standard InChI is InChI=1S/C12H42O7Si8/c1-22(2,3)15-26(13-20,16-23(4,5)6)19-27(14-21,17-24(7,8)9)18-25(10,11)12/h1-12,20-21H3. The molecule has 27 heavy (non-hydrogen) atoms. The van der Waals surface area contributed by atoms with Gasteiger partial charge in [0.15, 0.2) is 33.3 Å². The lowest BCUT2D eigenvalue weighted by molar-refractivity contribution is 0.0747. The number of hydrogen-bond acceptors (Lipinski definition) is 7. The van der Waals surface area contributed by atoms with Crippen LogP contribution in [0.2, 0.25) is 78.6 Å². The second-order valence-corrected chi connectivity index (χ2v) is 36.6. The maximum absolute atomic E-state index is 6.58. The highest BCUT2D eigenvalue weighted by atomic mass is 28.6. The summed E-state index contributed by atoms with van der Waals surface area (Å²) in [5.41, 5.74) is 0. The molecule has 0 aromatic heterocycles. The van der Waals surface area contributed by atoms with Crippen molar-refractivity contribution in [1.82, 2.24) is 0 Å². The normalized spacial score (nSPS) is 15.6. The Morgan fingerprint density at radius 2 is 0.556 bits per heavy atom. The van der Waals surface area contributed by atoms with Crippen LogP contribution in [0, 0.1) is 0 Å². The minimum atomic E-state index is -3.46. The zero-order chi connectivity index (χ0) is 21.9. The van der Waals surface area contributed by atoms with E-state index in [1.807, 2.05) is 0 Å². The third-order valence-corrected chi connectivity index (χ3v) is 22.3. The van der Waals surface area contributed by atoms with Crippen molar-refractivity contribution in [3.05, 3.63) is 0 Å². The van der Waals surface area contributed by atoms with Crippen molar-refractivity contribution < 1.29 is 28.8 Å². The van der Waals surface area contributed by atoms with Crippen molar-refractivity contribution in [1.29, 1.82) is 0 Å². The average molecular weight is 523 g/mol. The molecule has 0 heterocycles. The predicted molar refractivity (Wildman–Crippen MR) is 132 cm³/mol. The molecule has 0 aliphatic rings. The van der Waals surface area contributed by atoms with Gasteiger partial charge in [-0.05, 0) is 78.6 Å². The summed E-state index contributed by atoms with van der Waals surface area (Å²) in [5, 5.41) is 0. The van der Waals surface area contributed by atoms with E-state index in [1.54, 1.807) is 0 Å². The Labute approximate surface area is 179 Å². The molecule has 0 aromatic carbocycles. The van der Waals surface area contributed by atoms with Gasteiger partial charge in [0, 0.05) is 0 Å². The Morgan fingerprint density at radius 3 is 0.667 bits per heavy atom. The minimum Gasteiger partial charge on any atom is -0.404 e. The van der Waals surface area contributed by atoms with Gasteiger partial charge in [-0.3, -0.25) is 0 Å². The van der Waals surface area contributed by atoms with Crippen LogP contribution in [0.3, 0.4) is 0 Å². The Hall–Kier alpha value is 1.46. The van der Waals surface area contributed by atoms with Gasteiger partial charge >= 0.3 is 18.1 Å². The molecular weight excluding hydrogens is 481 g/mol. The molecular formula is C12H42O7Si8. The SMILES string of the molecule is C[Si](C)(C)O[Si](O[SiH3])(O[Si](C)(C)C)O[Si](O[SiH3])(O[Si](C)(C)C)O[Si](C)(C)C. The Morgan fingerprint density at radius 1 is 0.370 bits per heavy atom. The molecule has 0 saturated carbocycles. The molecule has 164 valence electrons. The Bertz CT molecular complexity index is 392. The molecule has 0 N–H and O–H groups in total. The zero-order valence-corrected chi connectivity index (χ0v) is 29.9. The highest BCUT2D eigenvalue weighted by molar-refractivity contribution is 6.90. The quantitative estimate of drug-likeness (QED) is 0.362. The summed E-state index contributed by atoms with van der Waals surface area (Å²) in [5.74, 6) is 0. The second-order valence-electron chi connectivity index (χ2n) is 10.4. The fourth-order valence-electron chi connectivity index (χ4n) is 2.03. The summed E-state index contributed by atoms with van der Waals surface area (Å²) >= 11 is 0. The van der Waals surface area contributed by atoms with Gasteiger partial charge in [0.25, 0.3) is 0 Å². The maximum Gasteiger partial charge on any atom is 0.641 e. The Kier molecular flexibility index (Phi) is 10.2. The zero-order valence-electron chi connectivity index (χ0n) is 19.9. The van der Waals surface area contributed by atoms with Crippen molar-refractivity contribution in [2.45, 2.75) is 78.6 Å². The summed E-state index contributed by atoms with van der Waals surface area (Å²) in [6.07, 6.45) is 0. The first-order valence-corrected chi connectivity index (χ1v) is 27.8. The third kappa shape index (κ3) is 12.7. The monoisotopic (exact) mass is 522 g/mol. The first-order valence-electron chi connectivity index (χ1n) is 9.27. The molecule has 7 nitrogen and oxygen atoms in total. The highest BCUT2D eigenvalue weighted by Crippen LogP contribution is 2.30. The van der Waals surface area contributed by atoms with Gasteiger partial charge in [-0.25, -0.2) is 0 Å². The van der Waals surface area contributed by atoms with Crippen molar-refractivity contribution >= 4 is 72.3 Å². The van der Waals surface area contributed by atoms with Gasteiger partial charge in [-0.15, -0.1) is 0 Å². The number of hydrogen-bond donors (Lipinski definition) is 0. The van der Waals surface area contributed by atoms with E-state index in [0.717, 1.165) is 0 Å². The molecule has 0 spiro atoms. The van der Waals surface area contributed by atoms with E-state index in [1.165, 1.54) is 0 Å². The van der Waals surface area contributed by atoms with Crippen LogP contribution >= 0.6 is 0 Å². The molecule has 0 aliphatic carbocycles. The topological polar surface area (TPSA) is 64.6 Å². The second kappa shape index (κ2) is 9.72.